The van der Waals surface area contributed by atoms with E-state index in [1.54, 1.807) is 31.4 Å². The van der Waals surface area contributed by atoms with E-state index >= 15 is 0 Å². The molecule has 6 nitrogen and oxygen atoms in total. The van der Waals surface area contributed by atoms with Crippen LogP contribution in [0, 0.1) is 0 Å². The van der Waals surface area contributed by atoms with E-state index in [1.807, 2.05) is 0 Å². The molecule has 0 N–H and O–H groups in total. The summed E-state index contributed by atoms with van der Waals surface area (Å²) in [5.41, 5.74) is -0.117. The highest BCUT2D eigenvalue weighted by molar-refractivity contribution is 5.83. The summed E-state index contributed by atoms with van der Waals surface area (Å²) in [6.45, 7) is 0.125. The van der Waals surface area contributed by atoms with E-state index in [0.717, 1.165) is 5.75 Å². The summed E-state index contributed by atoms with van der Waals surface area (Å²) in [4.78, 5) is 10.5. The minimum Gasteiger partial charge on any atom is -0.543 e. The topological polar surface area (TPSA) is 76.4 Å². The van der Waals surface area contributed by atoms with Crippen LogP contribution >= 0.6 is 0 Å². The Bertz CT molecular complexity index is 533. The number of carbonyl (C=O) groups is 1. The number of methoxy groups -OCH3 is 1. The lowest BCUT2D eigenvalue weighted by atomic mass is 10.3. The Morgan fingerprint density at radius 1 is 1.28 bits per heavy atom. The molecule has 0 unspecified atom stereocenters. The van der Waals surface area contributed by atoms with Gasteiger partial charge in [-0.05, 0) is 30.3 Å². The van der Waals surface area contributed by atoms with E-state index in [1.165, 1.54) is 16.9 Å². The number of carboxylic acid groups (broad SMARTS) is 1. The van der Waals surface area contributed by atoms with Gasteiger partial charge in [-0.25, -0.2) is 4.68 Å². The van der Waals surface area contributed by atoms with Crippen molar-refractivity contribution in [2.75, 3.05) is 7.11 Å². The molecule has 2 rings (SSSR count). The van der Waals surface area contributed by atoms with Gasteiger partial charge in [-0.3, -0.25) is 0 Å². The van der Waals surface area contributed by atoms with Crippen LogP contribution < -0.4 is 14.6 Å². The van der Waals surface area contributed by atoms with Crippen molar-refractivity contribution in [3.05, 3.63) is 42.2 Å². The van der Waals surface area contributed by atoms with Crippen LogP contribution in [-0.4, -0.2) is 22.9 Å². The molecule has 0 saturated heterocycles. The van der Waals surface area contributed by atoms with Gasteiger partial charge in [-0.2, -0.15) is 5.10 Å². The van der Waals surface area contributed by atoms with Crippen LogP contribution in [-0.2, 0) is 6.73 Å². The van der Waals surface area contributed by atoms with Gasteiger partial charge in [-0.15, -0.1) is 0 Å². The fraction of sp³-hybridized carbons (Fsp3) is 0.167. The molecule has 0 amide bonds. The Hall–Kier alpha value is -2.50. The highest BCUT2D eigenvalue weighted by Gasteiger charge is 2.00. The highest BCUT2D eigenvalue weighted by atomic mass is 16.5. The van der Waals surface area contributed by atoms with Gasteiger partial charge < -0.3 is 19.4 Å². The van der Waals surface area contributed by atoms with Crippen molar-refractivity contribution >= 4 is 5.97 Å². The first-order chi connectivity index (χ1) is 8.69. The van der Waals surface area contributed by atoms with Gasteiger partial charge in [0.2, 0.25) is 0 Å². The summed E-state index contributed by atoms with van der Waals surface area (Å²) in [6.07, 6.45) is 1.51. The fourth-order valence-corrected chi connectivity index (χ4v) is 1.36. The van der Waals surface area contributed by atoms with E-state index < -0.39 is 5.97 Å². The van der Waals surface area contributed by atoms with E-state index in [0.29, 0.717) is 5.75 Å². The largest absolute Gasteiger partial charge is 0.543 e. The van der Waals surface area contributed by atoms with Crippen molar-refractivity contribution in [3.8, 4) is 11.5 Å². The van der Waals surface area contributed by atoms with Gasteiger partial charge in [0.05, 0.1) is 13.1 Å². The smallest absolute Gasteiger partial charge is 0.180 e. The van der Waals surface area contributed by atoms with Gasteiger partial charge in [0, 0.05) is 6.20 Å². The number of hydrogen-bond acceptors (Lipinski definition) is 5. The summed E-state index contributed by atoms with van der Waals surface area (Å²) in [6, 6.07) is 8.40. The average molecular weight is 247 g/mol. The molecule has 0 radical (unpaired) electrons. The molecular weight excluding hydrogens is 236 g/mol. The van der Waals surface area contributed by atoms with E-state index in [-0.39, 0.29) is 12.4 Å². The Morgan fingerprint density at radius 3 is 2.50 bits per heavy atom. The second kappa shape index (κ2) is 5.22. The van der Waals surface area contributed by atoms with Crippen LogP contribution in [0.15, 0.2) is 36.5 Å². The second-order valence-corrected chi connectivity index (χ2v) is 3.48. The molecule has 18 heavy (non-hydrogen) atoms. The third-order valence-corrected chi connectivity index (χ3v) is 2.27. The van der Waals surface area contributed by atoms with Crippen LogP contribution in [0.1, 0.15) is 10.5 Å². The first-order valence-electron chi connectivity index (χ1n) is 5.20. The molecular formula is C12H11N2O4-. The summed E-state index contributed by atoms with van der Waals surface area (Å²) in [5.74, 6) is 0.0696. The number of nitrogens with zero attached hydrogens (tertiary/aromatic N) is 2. The number of benzene rings is 1. The molecule has 1 aromatic heterocycles. The van der Waals surface area contributed by atoms with Crippen molar-refractivity contribution in [1.82, 2.24) is 9.78 Å². The Labute approximate surface area is 103 Å². The van der Waals surface area contributed by atoms with E-state index in [9.17, 15) is 9.90 Å². The van der Waals surface area contributed by atoms with Gasteiger partial charge in [0.15, 0.2) is 6.73 Å². The first-order valence-corrected chi connectivity index (χ1v) is 5.20. The van der Waals surface area contributed by atoms with Gasteiger partial charge >= 0.3 is 0 Å². The van der Waals surface area contributed by atoms with Crippen LogP contribution in [0.25, 0.3) is 0 Å². The molecule has 2 aromatic rings. The zero-order valence-electron chi connectivity index (χ0n) is 9.70. The number of carbonyl (C=O) groups excluding carboxylic acids is 1. The fourth-order valence-electron chi connectivity index (χ4n) is 1.36. The highest BCUT2D eigenvalue weighted by Crippen LogP contribution is 2.17. The number of carboxylic acids is 1. The molecule has 0 bridgehead atoms. The molecule has 0 aliphatic rings. The monoisotopic (exact) mass is 247 g/mol. The number of rotatable bonds is 5. The van der Waals surface area contributed by atoms with Gasteiger partial charge in [0.1, 0.15) is 17.2 Å². The van der Waals surface area contributed by atoms with Crippen molar-refractivity contribution in [2.45, 2.75) is 6.73 Å². The van der Waals surface area contributed by atoms with Gasteiger partial charge in [0.25, 0.3) is 0 Å². The standard InChI is InChI=1S/C12H12N2O4/c1-17-9-2-4-10(5-3-9)18-8-14-7-6-11(13-14)12(15)16/h2-7H,8H2,1H3,(H,15,16)/p-1. The lowest BCUT2D eigenvalue weighted by Crippen LogP contribution is -2.23. The molecule has 0 aliphatic carbocycles. The lowest BCUT2D eigenvalue weighted by Gasteiger charge is -2.07. The molecule has 6 heteroatoms. The molecule has 1 heterocycles. The number of ether oxygens (including phenoxy) is 2. The molecule has 0 aliphatic heterocycles. The van der Waals surface area contributed by atoms with E-state index in [2.05, 4.69) is 5.10 Å². The second-order valence-electron chi connectivity index (χ2n) is 3.48. The van der Waals surface area contributed by atoms with Crippen LogP contribution in [0.4, 0.5) is 0 Å². The zero-order valence-corrected chi connectivity index (χ0v) is 9.70. The SMILES string of the molecule is COc1ccc(OCn2ccc(C(=O)[O-])n2)cc1. The lowest BCUT2D eigenvalue weighted by molar-refractivity contribution is -0.255. The predicted molar refractivity (Wildman–Crippen MR) is 60.2 cm³/mol. The quantitative estimate of drug-likeness (QED) is 0.759. The zero-order chi connectivity index (χ0) is 13.0. The molecule has 1 aromatic carbocycles. The van der Waals surface area contributed by atoms with E-state index in [4.69, 9.17) is 9.47 Å². The Kier molecular flexibility index (Phi) is 3.47. The van der Waals surface area contributed by atoms with Crippen molar-refractivity contribution in [1.29, 1.82) is 0 Å². The normalized spacial score (nSPS) is 10.1. The molecule has 0 spiro atoms. The van der Waals surface area contributed by atoms with Crippen LogP contribution in [0.2, 0.25) is 0 Å². The number of aromatic carboxylic acids is 1. The van der Waals surface area contributed by atoms with Gasteiger partial charge in [-0.1, -0.05) is 0 Å². The molecule has 94 valence electrons. The molecule has 0 fully saturated rings. The third kappa shape index (κ3) is 2.79. The maximum atomic E-state index is 10.5. The summed E-state index contributed by atoms with van der Waals surface area (Å²) < 4.78 is 11.8. The molecule has 0 saturated carbocycles. The Morgan fingerprint density at radius 2 is 1.94 bits per heavy atom. The summed E-state index contributed by atoms with van der Waals surface area (Å²) in [7, 11) is 1.58. The first kappa shape index (κ1) is 12.0. The average Bonchev–Trinajstić information content (AvgIpc) is 2.86. The maximum Gasteiger partial charge on any atom is 0.180 e. The predicted octanol–water partition coefficient (Wildman–Crippen LogP) is 0.292. The summed E-state index contributed by atoms with van der Waals surface area (Å²) >= 11 is 0. The van der Waals surface area contributed by atoms with Crippen LogP contribution in [0.3, 0.4) is 0 Å². The minimum atomic E-state index is -1.31. The third-order valence-electron chi connectivity index (χ3n) is 2.27. The number of aromatic nitrogens is 2. The van der Waals surface area contributed by atoms with Crippen LogP contribution in [0.5, 0.6) is 11.5 Å². The summed E-state index contributed by atoms with van der Waals surface area (Å²) in [5, 5.41) is 14.3. The number of hydrogen-bond donors (Lipinski definition) is 0. The Balaban J connectivity index is 1.95. The maximum absolute atomic E-state index is 10.5. The minimum absolute atomic E-state index is 0.117. The van der Waals surface area contributed by atoms with Crippen molar-refractivity contribution < 1.29 is 19.4 Å². The van der Waals surface area contributed by atoms with Crippen molar-refractivity contribution in [3.63, 3.8) is 0 Å². The van der Waals surface area contributed by atoms with Crippen molar-refractivity contribution in [2.24, 2.45) is 0 Å². The molecule has 0 atom stereocenters.